The van der Waals surface area contributed by atoms with Crippen molar-refractivity contribution in [3.63, 3.8) is 0 Å². The highest BCUT2D eigenvalue weighted by Crippen LogP contribution is 2.24. The Bertz CT molecular complexity index is 595. The smallest absolute Gasteiger partial charge is 0.165 e. The van der Waals surface area contributed by atoms with E-state index in [0.29, 0.717) is 0 Å². The van der Waals surface area contributed by atoms with Crippen LogP contribution in [0.25, 0.3) is 0 Å². The van der Waals surface area contributed by atoms with Gasteiger partial charge in [-0.05, 0) is 37.5 Å². The minimum atomic E-state index is 0.158. The highest BCUT2D eigenvalue weighted by atomic mass is 32.2. The van der Waals surface area contributed by atoms with E-state index in [1.165, 1.54) is 16.0 Å². The summed E-state index contributed by atoms with van der Waals surface area (Å²) in [6, 6.07) is 16.7. The predicted octanol–water partition coefficient (Wildman–Crippen LogP) is 5.91. The summed E-state index contributed by atoms with van der Waals surface area (Å²) in [4.78, 5) is 13.5. The Morgan fingerprint density at radius 1 is 0.955 bits per heavy atom. The first-order valence-corrected chi connectivity index (χ1v) is 8.95. The van der Waals surface area contributed by atoms with Gasteiger partial charge in [0.05, 0.1) is 0 Å². The van der Waals surface area contributed by atoms with Gasteiger partial charge in [-0.15, -0.1) is 11.8 Å². The van der Waals surface area contributed by atoms with Gasteiger partial charge in [-0.25, -0.2) is 0 Å². The predicted molar refractivity (Wildman–Crippen MR) is 95.6 cm³/mol. The molecule has 0 amide bonds. The van der Waals surface area contributed by atoms with E-state index in [1.807, 2.05) is 23.9 Å². The Morgan fingerprint density at radius 3 is 2.09 bits per heavy atom. The van der Waals surface area contributed by atoms with Crippen LogP contribution in [-0.2, 0) is 5.75 Å². The monoisotopic (exact) mass is 312 g/mol. The molecule has 0 aliphatic carbocycles. The maximum Gasteiger partial charge on any atom is 0.165 e. The summed E-state index contributed by atoms with van der Waals surface area (Å²) in [5, 5.41) is 0. The SMILES string of the molecule is CCC(CC)C(=O)c1ccc(SCc2ccc(C)cc2)cc1. The van der Waals surface area contributed by atoms with Gasteiger partial charge in [-0.3, -0.25) is 4.79 Å². The van der Waals surface area contributed by atoms with Crippen molar-refractivity contribution in [3.05, 3.63) is 65.2 Å². The van der Waals surface area contributed by atoms with Gasteiger partial charge in [0.2, 0.25) is 0 Å². The van der Waals surface area contributed by atoms with Crippen LogP contribution in [0.4, 0.5) is 0 Å². The number of carbonyl (C=O) groups is 1. The van der Waals surface area contributed by atoms with E-state index in [9.17, 15) is 4.79 Å². The number of ketones is 1. The lowest BCUT2D eigenvalue weighted by molar-refractivity contribution is 0.0913. The van der Waals surface area contributed by atoms with E-state index in [0.717, 1.165) is 24.2 Å². The molecular weight excluding hydrogens is 288 g/mol. The van der Waals surface area contributed by atoms with Crippen molar-refractivity contribution in [1.29, 1.82) is 0 Å². The molecule has 0 radical (unpaired) electrons. The van der Waals surface area contributed by atoms with Gasteiger partial charge in [0.15, 0.2) is 5.78 Å². The number of Topliss-reactive ketones (excluding diaryl/α,β-unsaturated/α-hetero) is 1. The van der Waals surface area contributed by atoms with Gasteiger partial charge >= 0.3 is 0 Å². The molecule has 1 nitrogen and oxygen atoms in total. The van der Waals surface area contributed by atoms with Crippen LogP contribution in [0.3, 0.4) is 0 Å². The summed E-state index contributed by atoms with van der Waals surface area (Å²) in [5.41, 5.74) is 3.46. The van der Waals surface area contributed by atoms with E-state index in [1.54, 1.807) is 0 Å². The van der Waals surface area contributed by atoms with Crippen molar-refractivity contribution in [2.75, 3.05) is 0 Å². The zero-order valence-corrected chi connectivity index (χ0v) is 14.5. The molecule has 0 aliphatic heterocycles. The summed E-state index contributed by atoms with van der Waals surface area (Å²) in [5.74, 6) is 1.39. The molecule has 2 aromatic rings. The molecule has 0 aromatic heterocycles. The third kappa shape index (κ3) is 4.48. The second kappa shape index (κ2) is 8.19. The van der Waals surface area contributed by atoms with Crippen LogP contribution >= 0.6 is 11.8 Å². The summed E-state index contributed by atoms with van der Waals surface area (Å²) < 4.78 is 0. The van der Waals surface area contributed by atoms with Gasteiger partial charge < -0.3 is 0 Å². The molecule has 116 valence electrons. The molecule has 0 N–H and O–H groups in total. The zero-order chi connectivity index (χ0) is 15.9. The summed E-state index contributed by atoms with van der Waals surface area (Å²) >= 11 is 1.81. The fourth-order valence-electron chi connectivity index (χ4n) is 2.46. The van der Waals surface area contributed by atoms with Crippen molar-refractivity contribution in [2.45, 2.75) is 44.3 Å². The van der Waals surface area contributed by atoms with E-state index in [-0.39, 0.29) is 11.7 Å². The van der Waals surface area contributed by atoms with E-state index < -0.39 is 0 Å². The lowest BCUT2D eigenvalue weighted by atomic mass is 9.93. The topological polar surface area (TPSA) is 17.1 Å². The zero-order valence-electron chi connectivity index (χ0n) is 13.6. The number of benzene rings is 2. The van der Waals surface area contributed by atoms with Gasteiger partial charge in [0.25, 0.3) is 0 Å². The highest BCUT2D eigenvalue weighted by Gasteiger charge is 2.15. The molecule has 0 fully saturated rings. The number of aryl methyl sites for hydroxylation is 1. The third-order valence-corrected chi connectivity index (χ3v) is 5.10. The van der Waals surface area contributed by atoms with Crippen LogP contribution in [-0.4, -0.2) is 5.78 Å². The second-order valence-electron chi connectivity index (χ2n) is 5.68. The van der Waals surface area contributed by atoms with Crippen LogP contribution in [0.1, 0.15) is 48.2 Å². The lowest BCUT2D eigenvalue weighted by Crippen LogP contribution is -2.12. The number of rotatable bonds is 7. The molecular formula is C20H24OS. The van der Waals surface area contributed by atoms with Crippen LogP contribution in [0.2, 0.25) is 0 Å². The molecule has 0 aliphatic rings. The maximum atomic E-state index is 12.3. The van der Waals surface area contributed by atoms with Crippen LogP contribution in [0, 0.1) is 12.8 Å². The molecule has 2 heteroatoms. The first-order chi connectivity index (χ1) is 10.6. The van der Waals surface area contributed by atoms with Gasteiger partial charge in [-0.1, -0.05) is 55.8 Å². The minimum absolute atomic E-state index is 0.158. The Kier molecular flexibility index (Phi) is 6.26. The second-order valence-corrected chi connectivity index (χ2v) is 6.73. The molecule has 0 spiro atoms. The molecule has 0 atom stereocenters. The molecule has 22 heavy (non-hydrogen) atoms. The van der Waals surface area contributed by atoms with E-state index in [2.05, 4.69) is 57.2 Å². The Labute approximate surface area is 138 Å². The van der Waals surface area contributed by atoms with Crippen molar-refractivity contribution in [2.24, 2.45) is 5.92 Å². The van der Waals surface area contributed by atoms with Crippen molar-refractivity contribution in [1.82, 2.24) is 0 Å². The average Bonchev–Trinajstić information content (AvgIpc) is 2.56. The quantitative estimate of drug-likeness (QED) is 0.467. The largest absolute Gasteiger partial charge is 0.294 e. The summed E-state index contributed by atoms with van der Waals surface area (Å²) in [7, 11) is 0. The summed E-state index contributed by atoms with van der Waals surface area (Å²) in [6.45, 7) is 6.27. The van der Waals surface area contributed by atoms with Gasteiger partial charge in [-0.2, -0.15) is 0 Å². The van der Waals surface area contributed by atoms with Crippen molar-refractivity contribution < 1.29 is 4.79 Å². The Hall–Kier alpha value is -1.54. The maximum absolute atomic E-state index is 12.3. The Balaban J connectivity index is 1.97. The first kappa shape index (κ1) is 16.8. The van der Waals surface area contributed by atoms with E-state index in [4.69, 9.17) is 0 Å². The fraction of sp³-hybridized carbons (Fsp3) is 0.350. The van der Waals surface area contributed by atoms with Crippen LogP contribution in [0.15, 0.2) is 53.4 Å². The van der Waals surface area contributed by atoms with E-state index >= 15 is 0 Å². The van der Waals surface area contributed by atoms with Crippen molar-refractivity contribution >= 4 is 17.5 Å². The number of carbonyl (C=O) groups excluding carboxylic acids is 1. The van der Waals surface area contributed by atoms with Crippen LogP contribution in [0.5, 0.6) is 0 Å². The molecule has 0 saturated carbocycles. The lowest BCUT2D eigenvalue weighted by Gasteiger charge is -2.11. The molecule has 2 rings (SSSR count). The number of hydrogen-bond donors (Lipinski definition) is 0. The summed E-state index contributed by atoms with van der Waals surface area (Å²) in [6.07, 6.45) is 1.83. The van der Waals surface area contributed by atoms with Crippen molar-refractivity contribution in [3.8, 4) is 0 Å². The standard InChI is InChI=1S/C20H24OS/c1-4-17(5-2)20(21)18-10-12-19(13-11-18)22-14-16-8-6-15(3)7-9-16/h6-13,17H,4-5,14H2,1-3H3. The number of hydrogen-bond acceptors (Lipinski definition) is 2. The van der Waals surface area contributed by atoms with Gasteiger partial charge in [0.1, 0.15) is 0 Å². The average molecular weight is 312 g/mol. The molecule has 0 bridgehead atoms. The normalized spacial score (nSPS) is 10.9. The minimum Gasteiger partial charge on any atom is -0.294 e. The number of thioether (sulfide) groups is 1. The molecule has 0 heterocycles. The highest BCUT2D eigenvalue weighted by molar-refractivity contribution is 7.98. The molecule has 2 aromatic carbocycles. The Morgan fingerprint density at radius 2 is 1.55 bits per heavy atom. The van der Waals surface area contributed by atoms with Gasteiger partial charge in [0, 0.05) is 22.1 Å². The van der Waals surface area contributed by atoms with Crippen LogP contribution < -0.4 is 0 Å². The third-order valence-electron chi connectivity index (χ3n) is 4.02. The first-order valence-electron chi connectivity index (χ1n) is 7.96. The molecule has 0 saturated heterocycles. The fourth-order valence-corrected chi connectivity index (χ4v) is 3.32. The molecule has 0 unspecified atom stereocenters.